The van der Waals surface area contributed by atoms with Crippen LogP contribution in [0.25, 0.3) is 51.4 Å². The van der Waals surface area contributed by atoms with Gasteiger partial charge in [0, 0.05) is 34.7 Å². The van der Waals surface area contributed by atoms with E-state index in [-0.39, 0.29) is 16.5 Å². The van der Waals surface area contributed by atoms with Gasteiger partial charge in [-0.05, 0) is 59.0 Å². The normalized spacial score (nSPS) is 13.1. The second-order valence-electron chi connectivity index (χ2n) is 18.8. The quantitative estimate of drug-likeness (QED) is 0.0384. The molecule has 0 radical (unpaired) electrons. The average molecular weight is 962 g/mol. The first-order chi connectivity index (χ1) is 31.6. The van der Waals surface area contributed by atoms with Gasteiger partial charge >= 0.3 is 0 Å². The average Bonchev–Trinajstić information content (AvgIpc) is 4.17. The van der Waals surface area contributed by atoms with Crippen molar-refractivity contribution in [3.05, 3.63) is 69.9 Å². The summed E-state index contributed by atoms with van der Waals surface area (Å²) < 4.78 is 42.2. The molecule has 1 aliphatic carbocycles. The lowest BCUT2D eigenvalue weighted by atomic mass is 9.71. The van der Waals surface area contributed by atoms with Crippen LogP contribution in [-0.2, 0) is 5.41 Å². The summed E-state index contributed by atoms with van der Waals surface area (Å²) in [4.78, 5) is 6.70. The van der Waals surface area contributed by atoms with Crippen LogP contribution in [0.4, 0.5) is 8.78 Å². The van der Waals surface area contributed by atoms with Gasteiger partial charge in [-0.2, -0.15) is 8.75 Å². The molecule has 0 amide bonds. The van der Waals surface area contributed by atoms with Gasteiger partial charge in [0.2, 0.25) is 0 Å². The van der Waals surface area contributed by atoms with E-state index < -0.39 is 11.6 Å². The second-order valence-corrected chi connectivity index (χ2v) is 23.3. The first kappa shape index (κ1) is 49.6. The van der Waals surface area contributed by atoms with Crippen LogP contribution >= 0.6 is 57.1 Å². The van der Waals surface area contributed by atoms with Gasteiger partial charge < -0.3 is 0 Å². The summed E-state index contributed by atoms with van der Waals surface area (Å²) in [5.74, 6) is -1.63. The first-order valence-electron chi connectivity index (χ1n) is 25.6. The van der Waals surface area contributed by atoms with Crippen molar-refractivity contribution in [2.75, 3.05) is 0 Å². The Bertz CT molecular complexity index is 2200. The zero-order valence-corrected chi connectivity index (χ0v) is 43.1. The number of unbranched alkanes of at least 4 members (excludes halogenated alkanes) is 26. The molecular formula is C55H74F2N2S5. The topological polar surface area (TPSA) is 25.8 Å². The molecule has 6 aromatic rings. The van der Waals surface area contributed by atoms with Crippen molar-refractivity contribution >= 4 is 68.1 Å². The molecule has 1 aliphatic rings. The Morgan fingerprint density at radius 1 is 0.438 bits per heavy atom. The molecule has 0 aliphatic heterocycles. The highest BCUT2D eigenvalue weighted by atomic mass is 32.1. The Hall–Kier alpha value is -2.30. The van der Waals surface area contributed by atoms with Crippen LogP contribution in [0.15, 0.2) is 47.2 Å². The molecule has 0 saturated carbocycles. The van der Waals surface area contributed by atoms with Crippen LogP contribution in [0.1, 0.15) is 218 Å². The molecule has 64 heavy (non-hydrogen) atoms. The third-order valence-corrected chi connectivity index (χ3v) is 18.9. The maximum Gasteiger partial charge on any atom is 0.170 e. The molecule has 0 unspecified atom stereocenters. The lowest BCUT2D eigenvalue weighted by Crippen LogP contribution is -2.25. The van der Waals surface area contributed by atoms with Crippen molar-refractivity contribution in [1.29, 1.82) is 0 Å². The molecule has 0 atom stereocenters. The van der Waals surface area contributed by atoms with Crippen LogP contribution in [0.2, 0.25) is 0 Å². The SMILES string of the molecule is CCCCCCCCCCCCCCCCC1(CCCCCCCCCCCCCCCC)c2cc(-c3cccs3)sc2-c2sc(-c3c(F)c(F)c(-c4cccs4)c4nsnc34)cc21. The van der Waals surface area contributed by atoms with E-state index in [4.69, 9.17) is 0 Å². The van der Waals surface area contributed by atoms with Gasteiger partial charge in [-0.1, -0.05) is 206 Å². The lowest BCUT2D eigenvalue weighted by molar-refractivity contribution is 0.397. The van der Waals surface area contributed by atoms with Crippen molar-refractivity contribution in [2.24, 2.45) is 0 Å². The molecule has 0 saturated heterocycles. The zero-order valence-electron chi connectivity index (χ0n) is 39.0. The third-order valence-electron chi connectivity index (χ3n) is 14.0. The molecule has 9 heteroatoms. The fraction of sp³-hybridized carbons (Fsp3) is 0.600. The third kappa shape index (κ3) is 12.6. The van der Waals surface area contributed by atoms with Crippen LogP contribution in [-0.4, -0.2) is 8.75 Å². The minimum absolute atomic E-state index is 0.134. The summed E-state index contributed by atoms with van der Waals surface area (Å²) in [6.07, 6.45) is 40.0. The van der Waals surface area contributed by atoms with Crippen LogP contribution in [0, 0.1) is 11.6 Å². The second kappa shape index (κ2) is 26.3. The number of benzene rings is 1. The maximum absolute atomic E-state index is 16.7. The number of hydrogen-bond acceptors (Lipinski definition) is 7. The monoisotopic (exact) mass is 960 g/mol. The van der Waals surface area contributed by atoms with E-state index in [0.29, 0.717) is 15.9 Å². The fourth-order valence-corrected chi connectivity index (χ4v) is 15.2. The predicted molar refractivity (Wildman–Crippen MR) is 281 cm³/mol. The Morgan fingerprint density at radius 2 is 0.797 bits per heavy atom. The predicted octanol–water partition coefficient (Wildman–Crippen LogP) is 21.2. The first-order valence-corrected chi connectivity index (χ1v) is 29.7. The number of hydrogen-bond donors (Lipinski definition) is 0. The van der Waals surface area contributed by atoms with Gasteiger partial charge in [-0.15, -0.1) is 45.3 Å². The van der Waals surface area contributed by atoms with E-state index in [1.54, 1.807) is 11.3 Å². The summed E-state index contributed by atoms with van der Waals surface area (Å²) >= 11 is 7.81. The Morgan fingerprint density at radius 3 is 1.20 bits per heavy atom. The maximum atomic E-state index is 16.7. The highest BCUT2D eigenvalue weighted by Crippen LogP contribution is 2.62. The Balaban J connectivity index is 1.06. The van der Waals surface area contributed by atoms with Crippen molar-refractivity contribution in [3.63, 3.8) is 0 Å². The van der Waals surface area contributed by atoms with Crippen molar-refractivity contribution < 1.29 is 8.78 Å². The minimum atomic E-state index is -0.820. The van der Waals surface area contributed by atoms with E-state index in [1.165, 1.54) is 222 Å². The Labute approximate surface area is 405 Å². The molecule has 0 spiro atoms. The summed E-state index contributed by atoms with van der Waals surface area (Å²) in [5.41, 5.74) is 4.14. The van der Waals surface area contributed by atoms with E-state index in [9.17, 15) is 0 Å². The largest absolute Gasteiger partial charge is 0.203 e. The van der Waals surface area contributed by atoms with E-state index >= 15 is 8.78 Å². The summed E-state index contributed by atoms with van der Waals surface area (Å²) in [6.45, 7) is 4.59. The molecular weight excluding hydrogens is 887 g/mol. The molecule has 5 heterocycles. The molecule has 7 rings (SSSR count). The standard InChI is InChI=1S/C55H74F2N2S5/c1-3-5-7-9-11-13-15-17-19-21-23-25-27-29-35-55(36-30-28-26-24-22-20-18-16-14-12-10-8-6-4-2)41-39-45(43-33-31-37-60-43)62-53(41)54-42(55)40-46(63-54)48-50(57)49(56)47(44-34-32-38-61-44)51-52(48)59-64-58-51/h31-34,37-40H,3-30,35-36H2,1-2H3. The molecule has 5 aromatic heterocycles. The molecule has 0 N–H and O–H groups in total. The number of aromatic nitrogens is 2. The number of thiophene rings is 4. The molecule has 0 bridgehead atoms. The van der Waals surface area contributed by atoms with Crippen molar-refractivity contribution in [2.45, 2.75) is 212 Å². The number of rotatable bonds is 33. The number of fused-ring (bicyclic) bond motifs is 4. The highest BCUT2D eigenvalue weighted by molar-refractivity contribution is 7.27. The van der Waals surface area contributed by atoms with E-state index in [0.717, 1.165) is 29.4 Å². The van der Waals surface area contributed by atoms with Gasteiger partial charge in [0.05, 0.1) is 22.9 Å². The molecule has 1 aromatic carbocycles. The minimum Gasteiger partial charge on any atom is -0.203 e. The van der Waals surface area contributed by atoms with Crippen LogP contribution in [0.3, 0.4) is 0 Å². The summed E-state index contributed by atoms with van der Waals surface area (Å²) in [6, 6.07) is 12.9. The Kier molecular flexibility index (Phi) is 20.4. The van der Waals surface area contributed by atoms with Crippen molar-refractivity contribution in [3.8, 4) is 40.4 Å². The zero-order chi connectivity index (χ0) is 44.4. The van der Waals surface area contributed by atoms with Gasteiger partial charge in [0.15, 0.2) is 11.6 Å². The number of nitrogens with zero attached hydrogens (tertiary/aromatic N) is 2. The van der Waals surface area contributed by atoms with Gasteiger partial charge in [-0.3, -0.25) is 0 Å². The van der Waals surface area contributed by atoms with Gasteiger partial charge in [0.25, 0.3) is 0 Å². The molecule has 0 fully saturated rings. The highest BCUT2D eigenvalue weighted by Gasteiger charge is 2.46. The smallest absolute Gasteiger partial charge is 0.170 e. The van der Waals surface area contributed by atoms with E-state index in [2.05, 4.69) is 52.2 Å². The molecule has 2 nitrogen and oxygen atoms in total. The molecule has 348 valence electrons. The fourth-order valence-electron chi connectivity index (χ4n) is 10.4. The number of halogens is 2. The van der Waals surface area contributed by atoms with Gasteiger partial charge in [0.1, 0.15) is 11.0 Å². The van der Waals surface area contributed by atoms with Crippen molar-refractivity contribution in [1.82, 2.24) is 8.75 Å². The van der Waals surface area contributed by atoms with E-state index in [1.807, 2.05) is 40.2 Å². The summed E-state index contributed by atoms with van der Waals surface area (Å²) in [5, 5.41) is 4.07. The van der Waals surface area contributed by atoms with Gasteiger partial charge in [-0.25, -0.2) is 8.78 Å². The van der Waals surface area contributed by atoms with Crippen LogP contribution in [0.5, 0.6) is 0 Å². The lowest BCUT2D eigenvalue weighted by Gasteiger charge is -2.31. The van der Waals surface area contributed by atoms with Crippen LogP contribution < -0.4 is 0 Å². The summed E-state index contributed by atoms with van der Waals surface area (Å²) in [7, 11) is 0.